The minimum Gasteiger partial charge on any atom is -0.390 e. The summed E-state index contributed by atoms with van der Waals surface area (Å²) in [6.45, 7) is -0.452. The number of halogens is 4. The van der Waals surface area contributed by atoms with Crippen molar-refractivity contribution in [3.05, 3.63) is 24.6 Å². The average Bonchev–Trinajstić information content (AvgIpc) is 2.08. The van der Waals surface area contributed by atoms with Crippen LogP contribution in [0.4, 0.5) is 8.78 Å². The van der Waals surface area contributed by atoms with Gasteiger partial charge in [-0.15, -0.1) is 0 Å². The smallest absolute Gasteiger partial charge is 0.266 e. The number of rotatable bonds is 2. The molecule has 72 valence electrons. The predicted molar refractivity (Wildman–Crippen MR) is 60.6 cm³/mol. The molecule has 0 unspecified atom stereocenters. The molecule has 0 aromatic carbocycles. The number of hydrogen-bond acceptors (Lipinski definition) is 2. The number of aromatic nitrogens is 1. The van der Waals surface area contributed by atoms with Crippen molar-refractivity contribution < 1.29 is 13.9 Å². The maximum absolute atomic E-state index is 12.5. The lowest BCUT2D eigenvalue weighted by molar-refractivity contribution is 0.145. The molecule has 0 atom stereocenters. The monoisotopic (exact) mass is 411 g/mol. The third-order valence-electron chi connectivity index (χ3n) is 1.46. The molecular formula is C7H5F2I2NO. The van der Waals surface area contributed by atoms with Gasteiger partial charge in [-0.25, -0.2) is 8.78 Å². The van der Waals surface area contributed by atoms with Crippen LogP contribution >= 0.6 is 45.2 Å². The Morgan fingerprint density at radius 2 is 2.08 bits per heavy atom. The molecule has 0 aliphatic carbocycles. The molecule has 0 bridgehead atoms. The lowest BCUT2D eigenvalue weighted by Gasteiger charge is -2.08. The highest BCUT2D eigenvalue weighted by atomic mass is 127. The molecule has 1 aromatic heterocycles. The Hall–Kier alpha value is 0.430. The van der Waals surface area contributed by atoms with E-state index in [2.05, 4.69) is 4.98 Å². The molecule has 0 radical (unpaired) electrons. The molecule has 1 rings (SSSR count). The molecule has 0 aliphatic heterocycles. The Bertz CT molecular complexity index is 320. The number of hydrogen-bond donors (Lipinski definition) is 1. The van der Waals surface area contributed by atoms with Gasteiger partial charge in [0.25, 0.3) is 6.43 Å². The lowest BCUT2D eigenvalue weighted by Crippen LogP contribution is -2.03. The zero-order valence-corrected chi connectivity index (χ0v) is 10.6. The third-order valence-corrected chi connectivity index (χ3v) is 4.47. The summed E-state index contributed by atoms with van der Waals surface area (Å²) >= 11 is 3.76. The number of aliphatic hydroxyl groups is 1. The average molecular weight is 411 g/mol. The second kappa shape index (κ2) is 4.78. The van der Waals surface area contributed by atoms with Gasteiger partial charge in [-0.05, 0) is 45.2 Å². The highest BCUT2D eigenvalue weighted by Crippen LogP contribution is 2.29. The topological polar surface area (TPSA) is 33.1 Å². The van der Waals surface area contributed by atoms with Gasteiger partial charge in [-0.2, -0.15) is 0 Å². The summed E-state index contributed by atoms with van der Waals surface area (Å²) < 4.78 is 26.1. The van der Waals surface area contributed by atoms with Gasteiger partial charge in [0.1, 0.15) is 0 Å². The first-order valence-corrected chi connectivity index (χ1v) is 5.45. The third kappa shape index (κ3) is 2.46. The van der Waals surface area contributed by atoms with E-state index in [1.165, 1.54) is 6.20 Å². The number of alkyl halides is 2. The summed E-state index contributed by atoms with van der Waals surface area (Å²) in [5, 5.41) is 8.78. The summed E-state index contributed by atoms with van der Waals surface area (Å²) in [6, 6.07) is 0. The normalized spacial score (nSPS) is 10.9. The lowest BCUT2D eigenvalue weighted by atomic mass is 10.2. The van der Waals surface area contributed by atoms with Crippen LogP contribution < -0.4 is 0 Å². The highest BCUT2D eigenvalue weighted by molar-refractivity contribution is 14.1. The Morgan fingerprint density at radius 3 is 2.54 bits per heavy atom. The number of aliphatic hydroxyl groups excluding tert-OH is 1. The van der Waals surface area contributed by atoms with E-state index in [-0.39, 0.29) is 11.3 Å². The van der Waals surface area contributed by atoms with Crippen LogP contribution in [0.25, 0.3) is 0 Å². The summed E-state index contributed by atoms with van der Waals surface area (Å²) in [5.74, 6) is 0. The Kier molecular flexibility index (Phi) is 4.23. The van der Waals surface area contributed by atoms with Gasteiger partial charge in [0, 0.05) is 13.3 Å². The van der Waals surface area contributed by atoms with E-state index in [9.17, 15) is 8.78 Å². The van der Waals surface area contributed by atoms with E-state index in [1.807, 2.05) is 45.2 Å². The summed E-state index contributed by atoms with van der Waals surface area (Å²) in [5.41, 5.74) is -0.102. The maximum Gasteiger partial charge on any atom is 0.266 e. The molecule has 0 aliphatic rings. The first kappa shape index (κ1) is 11.5. The first-order chi connectivity index (χ1) is 6.07. The van der Waals surface area contributed by atoms with Crippen LogP contribution in [-0.4, -0.2) is 10.1 Å². The fraction of sp³-hybridized carbons (Fsp3) is 0.286. The minimum absolute atomic E-state index is 0.0554. The zero-order chi connectivity index (χ0) is 10.0. The molecule has 0 spiro atoms. The molecule has 1 N–H and O–H groups in total. The van der Waals surface area contributed by atoms with Gasteiger partial charge < -0.3 is 5.11 Å². The molecule has 0 fully saturated rings. The summed E-state index contributed by atoms with van der Waals surface area (Å²) in [7, 11) is 0. The SMILES string of the molecule is OCc1ncc(I)c(I)c1C(F)F. The van der Waals surface area contributed by atoms with Crippen molar-refractivity contribution >= 4 is 45.2 Å². The van der Waals surface area contributed by atoms with Crippen molar-refractivity contribution in [1.82, 2.24) is 4.98 Å². The summed E-state index contributed by atoms with van der Waals surface area (Å²) in [4.78, 5) is 3.74. The molecule has 13 heavy (non-hydrogen) atoms. The Labute approximate surface area is 101 Å². The fourth-order valence-corrected chi connectivity index (χ4v) is 1.98. The molecule has 0 amide bonds. The van der Waals surface area contributed by atoms with Crippen LogP contribution in [-0.2, 0) is 6.61 Å². The Balaban J connectivity index is 3.32. The van der Waals surface area contributed by atoms with Crippen molar-refractivity contribution in [3.8, 4) is 0 Å². The Morgan fingerprint density at radius 1 is 1.46 bits per heavy atom. The van der Waals surface area contributed by atoms with E-state index >= 15 is 0 Å². The highest BCUT2D eigenvalue weighted by Gasteiger charge is 2.19. The fourth-order valence-electron chi connectivity index (χ4n) is 0.864. The van der Waals surface area contributed by atoms with Gasteiger partial charge in [0.15, 0.2) is 0 Å². The van der Waals surface area contributed by atoms with E-state index in [0.717, 1.165) is 0 Å². The second-order valence-corrected chi connectivity index (χ2v) is 4.48. The van der Waals surface area contributed by atoms with Crippen LogP contribution in [0.1, 0.15) is 17.7 Å². The van der Waals surface area contributed by atoms with Gasteiger partial charge >= 0.3 is 0 Å². The van der Waals surface area contributed by atoms with Crippen molar-refractivity contribution in [2.24, 2.45) is 0 Å². The van der Waals surface area contributed by atoms with Gasteiger partial charge in [0.05, 0.1) is 17.9 Å². The van der Waals surface area contributed by atoms with Gasteiger partial charge in [0.2, 0.25) is 0 Å². The number of nitrogens with zero attached hydrogens (tertiary/aromatic N) is 1. The van der Waals surface area contributed by atoms with Crippen LogP contribution in [0.2, 0.25) is 0 Å². The van der Waals surface area contributed by atoms with Crippen molar-refractivity contribution in [1.29, 1.82) is 0 Å². The van der Waals surface area contributed by atoms with Gasteiger partial charge in [-0.3, -0.25) is 4.98 Å². The molecule has 0 saturated heterocycles. The molecule has 2 nitrogen and oxygen atoms in total. The van der Waals surface area contributed by atoms with Crippen LogP contribution in [0.15, 0.2) is 6.20 Å². The first-order valence-electron chi connectivity index (χ1n) is 3.29. The van der Waals surface area contributed by atoms with E-state index in [0.29, 0.717) is 7.14 Å². The van der Waals surface area contributed by atoms with Crippen molar-refractivity contribution in [3.63, 3.8) is 0 Å². The van der Waals surface area contributed by atoms with E-state index in [4.69, 9.17) is 5.11 Å². The predicted octanol–water partition coefficient (Wildman–Crippen LogP) is 2.72. The summed E-state index contributed by atoms with van der Waals surface area (Å²) in [6.07, 6.45) is -1.11. The number of pyridine rings is 1. The second-order valence-electron chi connectivity index (χ2n) is 2.24. The molecule has 6 heteroatoms. The minimum atomic E-state index is -2.59. The largest absolute Gasteiger partial charge is 0.390 e. The quantitative estimate of drug-likeness (QED) is 0.760. The van der Waals surface area contributed by atoms with Crippen molar-refractivity contribution in [2.75, 3.05) is 0 Å². The standard InChI is InChI=1S/C7H5F2I2NO/c8-7(9)5-4(2-13)12-1-3(10)6(5)11/h1,7,13H,2H2. The molecule has 0 saturated carbocycles. The molecule has 1 aromatic rings. The van der Waals surface area contributed by atoms with Crippen LogP contribution in [0, 0.1) is 7.14 Å². The van der Waals surface area contributed by atoms with E-state index in [1.54, 1.807) is 0 Å². The van der Waals surface area contributed by atoms with Crippen LogP contribution in [0.3, 0.4) is 0 Å². The zero-order valence-electron chi connectivity index (χ0n) is 6.27. The maximum atomic E-state index is 12.5. The van der Waals surface area contributed by atoms with Crippen LogP contribution in [0.5, 0.6) is 0 Å². The molecule has 1 heterocycles. The van der Waals surface area contributed by atoms with Gasteiger partial charge in [-0.1, -0.05) is 0 Å². The molecular weight excluding hydrogens is 406 g/mol. The van der Waals surface area contributed by atoms with E-state index < -0.39 is 13.0 Å². The van der Waals surface area contributed by atoms with Crippen molar-refractivity contribution in [2.45, 2.75) is 13.0 Å².